The van der Waals surface area contributed by atoms with Crippen LogP contribution in [0.5, 0.6) is 0 Å². The SMILES string of the molecule is COC(=O)CC/C(O)=C1\C(=O)CCCC1=Nc1ccc(N=C2CCCC(=O)/C2=C(/O)CCC(=O)OC)cc1. The number of carbonyl (C=O) groups is 4. The van der Waals surface area contributed by atoms with E-state index < -0.39 is 11.9 Å². The Morgan fingerprint density at radius 3 is 1.39 bits per heavy atom. The molecule has 0 amide bonds. The Bertz CT molecular complexity index is 1130. The lowest BCUT2D eigenvalue weighted by molar-refractivity contribution is -0.141. The molecule has 10 heteroatoms. The molecule has 0 aromatic heterocycles. The number of aliphatic hydroxyl groups excluding tert-OH is 2. The molecule has 0 radical (unpaired) electrons. The third kappa shape index (κ3) is 7.47. The van der Waals surface area contributed by atoms with Gasteiger partial charge in [-0.25, -0.2) is 0 Å². The largest absolute Gasteiger partial charge is 0.511 e. The van der Waals surface area contributed by atoms with Crippen molar-refractivity contribution in [1.29, 1.82) is 0 Å². The molecule has 2 fully saturated rings. The lowest BCUT2D eigenvalue weighted by Crippen LogP contribution is -2.21. The van der Waals surface area contributed by atoms with Crippen molar-refractivity contribution < 1.29 is 38.9 Å². The molecule has 2 saturated carbocycles. The fourth-order valence-corrected chi connectivity index (χ4v) is 4.34. The predicted molar refractivity (Wildman–Crippen MR) is 140 cm³/mol. The van der Waals surface area contributed by atoms with Gasteiger partial charge in [0.2, 0.25) is 0 Å². The Balaban J connectivity index is 1.84. The van der Waals surface area contributed by atoms with Crippen LogP contribution in [0.2, 0.25) is 0 Å². The van der Waals surface area contributed by atoms with Gasteiger partial charge in [-0.05, 0) is 49.9 Å². The van der Waals surface area contributed by atoms with Crippen LogP contribution in [-0.4, -0.2) is 59.4 Å². The molecule has 1 aromatic carbocycles. The molecule has 10 nitrogen and oxygen atoms in total. The second-order valence-corrected chi connectivity index (χ2v) is 8.98. The fourth-order valence-electron chi connectivity index (χ4n) is 4.34. The lowest BCUT2D eigenvalue weighted by atomic mass is 9.89. The van der Waals surface area contributed by atoms with E-state index in [1.165, 1.54) is 14.2 Å². The van der Waals surface area contributed by atoms with Crippen LogP contribution >= 0.6 is 0 Å². The number of hydrogen-bond donors (Lipinski definition) is 2. The second kappa shape index (κ2) is 13.5. The molecule has 2 N–H and O–H groups in total. The molecule has 0 unspecified atom stereocenters. The average molecular weight is 525 g/mol. The minimum Gasteiger partial charge on any atom is -0.511 e. The maximum absolute atomic E-state index is 12.5. The summed E-state index contributed by atoms with van der Waals surface area (Å²) < 4.78 is 9.20. The van der Waals surface area contributed by atoms with Gasteiger partial charge in [-0.3, -0.25) is 29.2 Å². The van der Waals surface area contributed by atoms with Gasteiger partial charge >= 0.3 is 11.9 Å². The molecule has 0 atom stereocenters. The van der Waals surface area contributed by atoms with Crippen LogP contribution < -0.4 is 0 Å². The Hall–Kier alpha value is -4.08. The van der Waals surface area contributed by atoms with E-state index in [9.17, 15) is 29.4 Å². The van der Waals surface area contributed by atoms with Crippen molar-refractivity contribution in [1.82, 2.24) is 0 Å². The first-order valence-electron chi connectivity index (χ1n) is 12.5. The summed E-state index contributed by atoms with van der Waals surface area (Å²) in [6.07, 6.45) is 2.73. The number of rotatable bonds is 8. The summed E-state index contributed by atoms with van der Waals surface area (Å²) >= 11 is 0. The van der Waals surface area contributed by atoms with Crippen LogP contribution in [0.1, 0.15) is 64.2 Å². The van der Waals surface area contributed by atoms with E-state index in [1.807, 2.05) is 0 Å². The molecular weight excluding hydrogens is 492 g/mol. The zero-order valence-electron chi connectivity index (χ0n) is 21.6. The van der Waals surface area contributed by atoms with Gasteiger partial charge in [-0.2, -0.15) is 0 Å². The van der Waals surface area contributed by atoms with Gasteiger partial charge in [0.15, 0.2) is 11.6 Å². The van der Waals surface area contributed by atoms with E-state index in [4.69, 9.17) is 0 Å². The summed E-state index contributed by atoms with van der Waals surface area (Å²) in [6, 6.07) is 6.83. The zero-order valence-corrected chi connectivity index (χ0v) is 21.6. The molecule has 0 saturated heterocycles. The standard InChI is InChI=1S/C28H32N2O8/c1-37-25(35)15-13-23(33)27-19(5-3-7-21(27)31)29-17-9-11-18(12-10-17)30-20-6-4-8-22(32)28(20)24(34)14-16-26(36)38-2/h9-12,33-34H,3-8,13-16H2,1-2H3/b27-23+,28-24+,29-19?,30-20?. The van der Waals surface area contributed by atoms with Gasteiger partial charge in [-0.1, -0.05) is 0 Å². The molecular formula is C28H32N2O8. The number of benzene rings is 1. The normalized spacial score (nSPS) is 20.9. The number of ketones is 2. The Morgan fingerprint density at radius 2 is 1.05 bits per heavy atom. The molecule has 1 aromatic rings. The Kier molecular flexibility index (Phi) is 10.1. The molecule has 2 aliphatic rings. The number of nitrogens with zero attached hydrogens (tertiary/aromatic N) is 2. The summed E-state index contributed by atoms with van der Waals surface area (Å²) in [4.78, 5) is 57.1. The van der Waals surface area contributed by atoms with Crippen molar-refractivity contribution in [3.05, 3.63) is 46.9 Å². The summed E-state index contributed by atoms with van der Waals surface area (Å²) in [5, 5.41) is 21.0. The number of allylic oxidation sites excluding steroid dienone is 4. The molecule has 0 heterocycles. The van der Waals surface area contributed by atoms with E-state index in [-0.39, 0.29) is 59.9 Å². The van der Waals surface area contributed by atoms with Crippen LogP contribution in [0, 0.1) is 0 Å². The third-order valence-electron chi connectivity index (χ3n) is 6.31. The molecule has 202 valence electrons. The maximum atomic E-state index is 12.5. The van der Waals surface area contributed by atoms with Crippen molar-refractivity contribution in [3.63, 3.8) is 0 Å². The van der Waals surface area contributed by atoms with Gasteiger partial charge in [0.25, 0.3) is 0 Å². The summed E-state index contributed by atoms with van der Waals surface area (Å²) in [7, 11) is 2.52. The van der Waals surface area contributed by atoms with E-state index in [2.05, 4.69) is 19.5 Å². The number of aliphatic imine (C=N–C) groups is 2. The lowest BCUT2D eigenvalue weighted by Gasteiger charge is -2.18. The minimum absolute atomic E-state index is 0.00968. The van der Waals surface area contributed by atoms with Gasteiger partial charge in [0.1, 0.15) is 11.5 Å². The second-order valence-electron chi connectivity index (χ2n) is 8.98. The van der Waals surface area contributed by atoms with E-state index in [0.29, 0.717) is 61.3 Å². The first kappa shape index (κ1) is 28.5. The molecule has 0 bridgehead atoms. The van der Waals surface area contributed by atoms with Crippen molar-refractivity contribution in [2.45, 2.75) is 64.2 Å². The number of hydrogen-bond acceptors (Lipinski definition) is 10. The first-order valence-corrected chi connectivity index (χ1v) is 12.5. The van der Waals surface area contributed by atoms with Crippen molar-refractivity contribution in [3.8, 4) is 0 Å². The quantitative estimate of drug-likeness (QED) is 0.278. The molecule has 38 heavy (non-hydrogen) atoms. The number of Topliss-reactive ketones (excluding diaryl/α,β-unsaturated/α-hetero) is 2. The molecule has 3 rings (SSSR count). The number of ether oxygens (including phenoxy) is 2. The van der Waals surface area contributed by atoms with Gasteiger partial charge < -0.3 is 19.7 Å². The van der Waals surface area contributed by atoms with Crippen LogP contribution in [0.3, 0.4) is 0 Å². The predicted octanol–water partition coefficient (Wildman–Crippen LogP) is 4.87. The highest BCUT2D eigenvalue weighted by Crippen LogP contribution is 2.29. The Labute approximate surface area is 220 Å². The fraction of sp³-hybridized carbons (Fsp3) is 0.429. The number of carbonyl (C=O) groups excluding carboxylic acids is 4. The third-order valence-corrected chi connectivity index (χ3v) is 6.31. The van der Waals surface area contributed by atoms with Crippen LogP contribution in [0.25, 0.3) is 0 Å². The van der Waals surface area contributed by atoms with Crippen molar-refractivity contribution >= 4 is 46.3 Å². The molecule has 0 spiro atoms. The van der Waals surface area contributed by atoms with Crippen molar-refractivity contribution in [2.24, 2.45) is 9.98 Å². The summed E-state index contributed by atoms with van der Waals surface area (Å²) in [6.45, 7) is 0. The van der Waals surface area contributed by atoms with E-state index >= 15 is 0 Å². The summed E-state index contributed by atoms with van der Waals surface area (Å²) in [5.41, 5.74) is 2.33. The maximum Gasteiger partial charge on any atom is 0.305 e. The monoisotopic (exact) mass is 524 g/mol. The first-order chi connectivity index (χ1) is 18.2. The average Bonchev–Trinajstić information content (AvgIpc) is 2.91. The molecule has 0 aliphatic heterocycles. The topological polar surface area (TPSA) is 152 Å². The number of aliphatic hydroxyl groups is 2. The zero-order chi connectivity index (χ0) is 27.7. The highest BCUT2D eigenvalue weighted by Gasteiger charge is 2.27. The highest BCUT2D eigenvalue weighted by atomic mass is 16.5. The highest BCUT2D eigenvalue weighted by molar-refractivity contribution is 6.25. The van der Waals surface area contributed by atoms with E-state index in [0.717, 1.165) is 0 Å². The van der Waals surface area contributed by atoms with Gasteiger partial charge in [0, 0.05) is 25.7 Å². The van der Waals surface area contributed by atoms with Crippen LogP contribution in [0.15, 0.2) is 56.9 Å². The molecule has 2 aliphatic carbocycles. The van der Waals surface area contributed by atoms with Crippen LogP contribution in [0.4, 0.5) is 11.4 Å². The number of methoxy groups -OCH3 is 2. The van der Waals surface area contributed by atoms with Crippen LogP contribution in [-0.2, 0) is 28.7 Å². The Morgan fingerprint density at radius 1 is 0.684 bits per heavy atom. The van der Waals surface area contributed by atoms with Crippen molar-refractivity contribution in [2.75, 3.05) is 14.2 Å². The summed E-state index contributed by atoms with van der Waals surface area (Å²) in [5.74, 6) is -1.73. The van der Waals surface area contributed by atoms with E-state index in [1.54, 1.807) is 24.3 Å². The van der Waals surface area contributed by atoms with Gasteiger partial charge in [-0.15, -0.1) is 0 Å². The van der Waals surface area contributed by atoms with Gasteiger partial charge in [0.05, 0.1) is 61.0 Å². The smallest absolute Gasteiger partial charge is 0.305 e. The minimum atomic E-state index is -0.481. The number of esters is 2.